The Bertz CT molecular complexity index is 1050. The normalized spacial score (nSPS) is 12.9. The molecular weight excluding hydrogens is 462 g/mol. The maximum atomic E-state index is 12.9. The Morgan fingerprint density at radius 3 is 1.87 bits per heavy atom. The fourth-order valence-electron chi connectivity index (χ4n) is 2.27. The minimum atomic E-state index is -5.09. The molecular formula is C17H13ClF6N2O3S. The van der Waals surface area contributed by atoms with Crippen molar-refractivity contribution < 1.29 is 39.6 Å². The predicted octanol–water partition coefficient (Wildman–Crippen LogP) is 4.88. The molecule has 0 aliphatic heterocycles. The van der Waals surface area contributed by atoms with Gasteiger partial charge in [-0.3, -0.25) is 4.79 Å². The van der Waals surface area contributed by atoms with Gasteiger partial charge in [0.1, 0.15) is 4.90 Å². The van der Waals surface area contributed by atoms with Crippen LogP contribution in [0.25, 0.3) is 0 Å². The first-order chi connectivity index (χ1) is 13.5. The molecule has 0 radical (unpaired) electrons. The van der Waals surface area contributed by atoms with Gasteiger partial charge in [-0.15, -0.1) is 0 Å². The van der Waals surface area contributed by atoms with Gasteiger partial charge in [-0.25, -0.2) is 12.7 Å². The molecule has 0 atom stereocenters. The highest BCUT2D eigenvalue weighted by molar-refractivity contribution is 7.89. The lowest BCUT2D eigenvalue weighted by Gasteiger charge is -2.16. The van der Waals surface area contributed by atoms with Crippen molar-refractivity contribution in [3.8, 4) is 0 Å². The molecule has 0 unspecified atom stereocenters. The zero-order chi connectivity index (χ0) is 23.1. The van der Waals surface area contributed by atoms with Crippen LogP contribution in [0.5, 0.6) is 0 Å². The van der Waals surface area contributed by atoms with Crippen LogP contribution >= 0.6 is 11.6 Å². The Morgan fingerprint density at radius 1 is 0.933 bits per heavy atom. The van der Waals surface area contributed by atoms with Gasteiger partial charge in [0.05, 0.1) is 16.1 Å². The van der Waals surface area contributed by atoms with Gasteiger partial charge < -0.3 is 5.32 Å². The molecule has 1 amide bonds. The quantitative estimate of drug-likeness (QED) is 0.642. The maximum Gasteiger partial charge on any atom is 0.416 e. The standard InChI is InChI=1S/C17H13ClF6N2O3S/c1-26(2)30(28,29)14-5-9(3-4-13(14)18)15(27)25-12-7-10(16(19,20)21)6-11(8-12)17(22,23)24/h3-8H,1-2H3,(H,25,27). The summed E-state index contributed by atoms with van der Waals surface area (Å²) in [5.41, 5.74) is -4.33. The molecule has 0 heterocycles. The lowest BCUT2D eigenvalue weighted by Crippen LogP contribution is -2.23. The van der Waals surface area contributed by atoms with Crippen molar-refractivity contribution >= 4 is 33.2 Å². The van der Waals surface area contributed by atoms with E-state index in [9.17, 15) is 39.6 Å². The van der Waals surface area contributed by atoms with Crippen molar-refractivity contribution in [3.05, 3.63) is 58.1 Å². The fraction of sp³-hybridized carbons (Fsp3) is 0.235. The molecule has 2 aromatic rings. The highest BCUT2D eigenvalue weighted by atomic mass is 35.5. The van der Waals surface area contributed by atoms with E-state index in [0.717, 1.165) is 22.5 Å². The summed E-state index contributed by atoms with van der Waals surface area (Å²) in [6.45, 7) is 0. The molecule has 0 aliphatic rings. The Balaban J connectivity index is 2.48. The zero-order valence-corrected chi connectivity index (χ0v) is 16.8. The molecule has 164 valence electrons. The second-order valence-electron chi connectivity index (χ2n) is 6.18. The summed E-state index contributed by atoms with van der Waals surface area (Å²) in [6, 6.07) is 3.59. The molecule has 0 spiro atoms. The smallest absolute Gasteiger partial charge is 0.322 e. The van der Waals surface area contributed by atoms with E-state index in [2.05, 4.69) is 0 Å². The summed E-state index contributed by atoms with van der Waals surface area (Å²) in [5.74, 6) is -1.13. The van der Waals surface area contributed by atoms with E-state index >= 15 is 0 Å². The molecule has 0 saturated heterocycles. The SMILES string of the molecule is CN(C)S(=O)(=O)c1cc(C(=O)Nc2cc(C(F)(F)F)cc(C(F)(F)F)c2)ccc1Cl. The largest absolute Gasteiger partial charge is 0.416 e. The van der Waals surface area contributed by atoms with Gasteiger partial charge >= 0.3 is 12.4 Å². The number of benzene rings is 2. The van der Waals surface area contributed by atoms with Gasteiger partial charge in [0.25, 0.3) is 5.91 Å². The van der Waals surface area contributed by atoms with Crippen molar-refractivity contribution in [1.29, 1.82) is 0 Å². The number of hydrogen-bond donors (Lipinski definition) is 1. The zero-order valence-electron chi connectivity index (χ0n) is 15.2. The van der Waals surface area contributed by atoms with Crippen molar-refractivity contribution in [2.75, 3.05) is 19.4 Å². The van der Waals surface area contributed by atoms with Gasteiger partial charge in [0, 0.05) is 25.3 Å². The molecule has 5 nitrogen and oxygen atoms in total. The summed E-state index contributed by atoms with van der Waals surface area (Å²) >= 11 is 5.84. The van der Waals surface area contributed by atoms with E-state index in [-0.39, 0.29) is 16.7 Å². The number of amides is 1. The van der Waals surface area contributed by atoms with Gasteiger partial charge in [0.2, 0.25) is 10.0 Å². The highest BCUT2D eigenvalue weighted by Crippen LogP contribution is 2.37. The first-order valence-corrected chi connectivity index (χ1v) is 9.68. The lowest BCUT2D eigenvalue weighted by atomic mass is 10.1. The Morgan fingerprint density at radius 2 is 1.43 bits per heavy atom. The van der Waals surface area contributed by atoms with E-state index in [0.29, 0.717) is 12.1 Å². The molecule has 2 aromatic carbocycles. The summed E-state index contributed by atoms with van der Waals surface area (Å²) in [7, 11) is -1.65. The van der Waals surface area contributed by atoms with Gasteiger partial charge in [-0.1, -0.05) is 11.6 Å². The number of carbonyl (C=O) groups is 1. The summed E-state index contributed by atoms with van der Waals surface area (Å²) < 4.78 is 103. The molecule has 13 heteroatoms. The summed E-state index contributed by atoms with van der Waals surface area (Å²) in [4.78, 5) is 11.9. The van der Waals surface area contributed by atoms with Crippen LogP contribution in [0.4, 0.5) is 32.0 Å². The molecule has 1 N–H and O–H groups in total. The number of nitrogens with zero attached hydrogens (tertiary/aromatic N) is 1. The average Bonchev–Trinajstić information content (AvgIpc) is 2.59. The number of nitrogens with one attached hydrogen (secondary N) is 1. The number of sulfonamides is 1. The van der Waals surface area contributed by atoms with Crippen LogP contribution in [0.15, 0.2) is 41.3 Å². The molecule has 2 rings (SSSR count). The third kappa shape index (κ3) is 5.24. The summed E-state index contributed by atoms with van der Waals surface area (Å²) in [5, 5.41) is 1.70. The minimum Gasteiger partial charge on any atom is -0.322 e. The topological polar surface area (TPSA) is 66.5 Å². The van der Waals surface area contributed by atoms with E-state index < -0.39 is 50.0 Å². The van der Waals surface area contributed by atoms with E-state index in [4.69, 9.17) is 11.6 Å². The number of alkyl halides is 6. The van der Waals surface area contributed by atoms with Crippen LogP contribution < -0.4 is 5.32 Å². The Kier molecular flexibility index (Phi) is 6.45. The third-order valence-electron chi connectivity index (χ3n) is 3.80. The second kappa shape index (κ2) is 8.08. The molecule has 0 fully saturated rings. The van der Waals surface area contributed by atoms with Crippen LogP contribution in [-0.2, 0) is 22.4 Å². The molecule has 0 aliphatic carbocycles. The van der Waals surface area contributed by atoms with Gasteiger partial charge in [-0.05, 0) is 36.4 Å². The van der Waals surface area contributed by atoms with Crippen LogP contribution in [0, 0.1) is 0 Å². The third-order valence-corrected chi connectivity index (χ3v) is 6.09. The summed E-state index contributed by atoms with van der Waals surface area (Å²) in [6.07, 6.45) is -10.2. The molecule has 0 bridgehead atoms. The van der Waals surface area contributed by atoms with E-state index in [1.165, 1.54) is 14.1 Å². The van der Waals surface area contributed by atoms with Crippen LogP contribution in [0.3, 0.4) is 0 Å². The number of halogens is 7. The number of hydrogen-bond acceptors (Lipinski definition) is 3. The van der Waals surface area contributed by atoms with E-state index in [1.807, 2.05) is 5.32 Å². The van der Waals surface area contributed by atoms with Crippen molar-refractivity contribution in [2.24, 2.45) is 0 Å². The Labute approximate surface area is 172 Å². The second-order valence-corrected chi connectivity index (χ2v) is 8.71. The maximum absolute atomic E-state index is 12.9. The number of carbonyl (C=O) groups excluding carboxylic acids is 1. The first-order valence-electron chi connectivity index (χ1n) is 7.86. The highest BCUT2D eigenvalue weighted by Gasteiger charge is 2.37. The van der Waals surface area contributed by atoms with Gasteiger partial charge in [-0.2, -0.15) is 26.3 Å². The number of anilines is 1. The molecule has 0 aromatic heterocycles. The first kappa shape index (κ1) is 24.0. The molecule has 30 heavy (non-hydrogen) atoms. The number of rotatable bonds is 4. The Hall–Kier alpha value is -2.31. The van der Waals surface area contributed by atoms with Crippen molar-refractivity contribution in [1.82, 2.24) is 4.31 Å². The van der Waals surface area contributed by atoms with E-state index in [1.54, 1.807) is 0 Å². The minimum absolute atomic E-state index is 0.0836. The fourth-order valence-corrected chi connectivity index (χ4v) is 3.66. The average molecular weight is 475 g/mol. The lowest BCUT2D eigenvalue weighted by molar-refractivity contribution is -0.143. The predicted molar refractivity (Wildman–Crippen MR) is 96.7 cm³/mol. The van der Waals surface area contributed by atoms with Crippen molar-refractivity contribution in [3.63, 3.8) is 0 Å². The van der Waals surface area contributed by atoms with Crippen LogP contribution in [0.2, 0.25) is 5.02 Å². The van der Waals surface area contributed by atoms with Crippen molar-refractivity contribution in [2.45, 2.75) is 17.2 Å². The monoisotopic (exact) mass is 474 g/mol. The van der Waals surface area contributed by atoms with Gasteiger partial charge in [0.15, 0.2) is 0 Å². The van der Waals surface area contributed by atoms with Crippen LogP contribution in [-0.4, -0.2) is 32.7 Å². The van der Waals surface area contributed by atoms with Crippen LogP contribution in [0.1, 0.15) is 21.5 Å². The molecule has 0 saturated carbocycles.